The van der Waals surface area contributed by atoms with Crippen LogP contribution in [0, 0.1) is 18.3 Å². The minimum absolute atomic E-state index is 0.167. The molecular weight excluding hydrogens is 296 g/mol. The zero-order valence-corrected chi connectivity index (χ0v) is 12.6. The number of aromatic nitrogens is 2. The SMILES string of the molecule is Cc1cc(NC(=O)c2cccs2)nn1-c1ccc(C#N)cc1. The summed E-state index contributed by atoms with van der Waals surface area (Å²) >= 11 is 1.38. The van der Waals surface area contributed by atoms with Crippen LogP contribution in [0.1, 0.15) is 20.9 Å². The number of anilines is 1. The Hall–Kier alpha value is -2.91. The molecule has 2 heterocycles. The van der Waals surface area contributed by atoms with E-state index >= 15 is 0 Å². The summed E-state index contributed by atoms with van der Waals surface area (Å²) in [6, 6.07) is 14.6. The summed E-state index contributed by atoms with van der Waals surface area (Å²) in [4.78, 5) is 12.7. The number of aryl methyl sites for hydroxylation is 1. The van der Waals surface area contributed by atoms with E-state index in [0.29, 0.717) is 16.3 Å². The average Bonchev–Trinajstić information content (AvgIpc) is 3.17. The molecule has 0 saturated carbocycles. The number of nitriles is 1. The Morgan fingerprint density at radius 2 is 2.09 bits per heavy atom. The van der Waals surface area contributed by atoms with Crippen molar-refractivity contribution in [1.29, 1.82) is 5.26 Å². The van der Waals surface area contributed by atoms with Crippen molar-refractivity contribution in [3.63, 3.8) is 0 Å². The number of carbonyl (C=O) groups is 1. The number of carbonyl (C=O) groups excluding carboxylic acids is 1. The first-order chi connectivity index (χ1) is 10.7. The number of nitrogens with one attached hydrogen (secondary N) is 1. The third-order valence-corrected chi connectivity index (χ3v) is 3.98. The van der Waals surface area contributed by atoms with Gasteiger partial charge in [-0.1, -0.05) is 6.07 Å². The summed E-state index contributed by atoms with van der Waals surface area (Å²) in [5.41, 5.74) is 2.33. The fourth-order valence-electron chi connectivity index (χ4n) is 2.06. The van der Waals surface area contributed by atoms with Gasteiger partial charge in [0.25, 0.3) is 5.91 Å². The van der Waals surface area contributed by atoms with Crippen LogP contribution in [-0.4, -0.2) is 15.7 Å². The minimum Gasteiger partial charge on any atom is -0.304 e. The molecule has 3 aromatic rings. The molecule has 2 aromatic heterocycles. The van der Waals surface area contributed by atoms with Crippen molar-refractivity contribution in [3.8, 4) is 11.8 Å². The van der Waals surface area contributed by atoms with E-state index in [2.05, 4.69) is 16.5 Å². The van der Waals surface area contributed by atoms with E-state index in [1.54, 1.807) is 22.9 Å². The van der Waals surface area contributed by atoms with Crippen LogP contribution in [0.4, 0.5) is 5.82 Å². The Kier molecular flexibility index (Phi) is 3.73. The lowest BCUT2D eigenvalue weighted by Gasteiger charge is -2.03. The summed E-state index contributed by atoms with van der Waals surface area (Å²) in [5.74, 6) is 0.333. The van der Waals surface area contributed by atoms with Gasteiger partial charge in [-0.05, 0) is 42.6 Å². The highest BCUT2D eigenvalue weighted by molar-refractivity contribution is 7.12. The van der Waals surface area contributed by atoms with Gasteiger partial charge in [-0.15, -0.1) is 16.4 Å². The van der Waals surface area contributed by atoms with Gasteiger partial charge in [0.2, 0.25) is 0 Å². The maximum atomic E-state index is 12.0. The summed E-state index contributed by atoms with van der Waals surface area (Å²) < 4.78 is 1.73. The Morgan fingerprint density at radius 3 is 2.73 bits per heavy atom. The lowest BCUT2D eigenvalue weighted by molar-refractivity contribution is 0.103. The van der Waals surface area contributed by atoms with Gasteiger partial charge in [0.1, 0.15) is 0 Å². The second-order valence-electron chi connectivity index (χ2n) is 4.67. The predicted octanol–water partition coefficient (Wildman–Crippen LogP) is 3.37. The fourth-order valence-corrected chi connectivity index (χ4v) is 2.68. The molecule has 1 N–H and O–H groups in total. The van der Waals surface area contributed by atoms with Gasteiger partial charge in [-0.3, -0.25) is 4.79 Å². The number of hydrogen-bond acceptors (Lipinski definition) is 4. The lowest BCUT2D eigenvalue weighted by atomic mass is 10.2. The van der Waals surface area contributed by atoms with Crippen LogP contribution in [0.25, 0.3) is 5.69 Å². The van der Waals surface area contributed by atoms with Gasteiger partial charge in [0.15, 0.2) is 5.82 Å². The molecule has 0 fully saturated rings. The van der Waals surface area contributed by atoms with Gasteiger partial charge in [-0.2, -0.15) is 5.26 Å². The van der Waals surface area contributed by atoms with Gasteiger partial charge in [0.05, 0.1) is 22.2 Å². The van der Waals surface area contributed by atoms with Gasteiger partial charge >= 0.3 is 0 Å². The number of rotatable bonds is 3. The second kappa shape index (κ2) is 5.84. The smallest absolute Gasteiger partial charge is 0.266 e. The maximum Gasteiger partial charge on any atom is 0.266 e. The normalized spacial score (nSPS) is 10.2. The molecule has 108 valence electrons. The third-order valence-electron chi connectivity index (χ3n) is 3.11. The van der Waals surface area contributed by atoms with Crippen molar-refractivity contribution in [1.82, 2.24) is 9.78 Å². The Balaban J connectivity index is 1.84. The highest BCUT2D eigenvalue weighted by atomic mass is 32.1. The molecule has 22 heavy (non-hydrogen) atoms. The summed E-state index contributed by atoms with van der Waals surface area (Å²) in [6.07, 6.45) is 0. The number of hydrogen-bond donors (Lipinski definition) is 1. The van der Waals surface area contributed by atoms with Crippen molar-refractivity contribution in [3.05, 3.63) is 64.0 Å². The molecule has 0 atom stereocenters. The van der Waals surface area contributed by atoms with Crippen molar-refractivity contribution < 1.29 is 4.79 Å². The molecule has 6 heteroatoms. The minimum atomic E-state index is -0.167. The first-order valence-electron chi connectivity index (χ1n) is 6.59. The van der Waals surface area contributed by atoms with Crippen LogP contribution in [0.2, 0.25) is 0 Å². The summed E-state index contributed by atoms with van der Waals surface area (Å²) in [5, 5.41) is 17.9. The maximum absolute atomic E-state index is 12.0. The Labute approximate surface area is 131 Å². The standard InChI is InChI=1S/C16H12N4OS/c1-11-9-15(18-16(21)14-3-2-8-22-14)19-20(11)13-6-4-12(10-17)5-7-13/h2-9H,1H3,(H,18,19,21). The summed E-state index contributed by atoms with van der Waals surface area (Å²) in [7, 11) is 0. The quantitative estimate of drug-likeness (QED) is 0.806. The number of nitrogens with zero attached hydrogens (tertiary/aromatic N) is 3. The topological polar surface area (TPSA) is 70.7 Å². The first kappa shape index (κ1) is 14.0. The first-order valence-corrected chi connectivity index (χ1v) is 7.47. The number of amides is 1. The van der Waals surface area contributed by atoms with Crippen molar-refractivity contribution >= 4 is 23.1 Å². The van der Waals surface area contributed by atoms with E-state index in [1.165, 1.54) is 11.3 Å². The van der Waals surface area contributed by atoms with Crippen LogP contribution < -0.4 is 5.32 Å². The molecule has 0 spiro atoms. The molecule has 3 rings (SSSR count). The molecule has 0 aliphatic carbocycles. The number of thiophene rings is 1. The fraction of sp³-hybridized carbons (Fsp3) is 0.0625. The molecule has 0 aliphatic rings. The molecule has 1 aromatic carbocycles. The molecular formula is C16H12N4OS. The average molecular weight is 308 g/mol. The van der Waals surface area contributed by atoms with Crippen LogP contribution in [0.5, 0.6) is 0 Å². The van der Waals surface area contributed by atoms with E-state index in [0.717, 1.165) is 11.4 Å². The molecule has 0 aliphatic heterocycles. The van der Waals surface area contributed by atoms with E-state index in [-0.39, 0.29) is 5.91 Å². The third kappa shape index (κ3) is 2.75. The lowest BCUT2D eigenvalue weighted by Crippen LogP contribution is -2.10. The molecule has 0 bridgehead atoms. The van der Waals surface area contributed by atoms with Crippen molar-refractivity contribution in [2.45, 2.75) is 6.92 Å². The highest BCUT2D eigenvalue weighted by Gasteiger charge is 2.11. The van der Waals surface area contributed by atoms with E-state index in [4.69, 9.17) is 5.26 Å². The monoisotopic (exact) mass is 308 g/mol. The zero-order chi connectivity index (χ0) is 15.5. The second-order valence-corrected chi connectivity index (χ2v) is 5.62. The van der Waals surface area contributed by atoms with E-state index in [1.807, 2.05) is 36.6 Å². The largest absolute Gasteiger partial charge is 0.304 e. The van der Waals surface area contributed by atoms with Gasteiger partial charge in [-0.25, -0.2) is 4.68 Å². The van der Waals surface area contributed by atoms with E-state index in [9.17, 15) is 4.79 Å². The molecule has 0 saturated heterocycles. The summed E-state index contributed by atoms with van der Waals surface area (Å²) in [6.45, 7) is 1.91. The van der Waals surface area contributed by atoms with Crippen LogP contribution in [0.15, 0.2) is 47.8 Å². The molecule has 0 radical (unpaired) electrons. The van der Waals surface area contributed by atoms with Gasteiger partial charge in [0, 0.05) is 11.8 Å². The van der Waals surface area contributed by atoms with Crippen molar-refractivity contribution in [2.75, 3.05) is 5.32 Å². The van der Waals surface area contributed by atoms with Crippen molar-refractivity contribution in [2.24, 2.45) is 0 Å². The number of benzene rings is 1. The highest BCUT2D eigenvalue weighted by Crippen LogP contribution is 2.17. The van der Waals surface area contributed by atoms with Crippen LogP contribution >= 0.6 is 11.3 Å². The Bertz CT molecular complexity index is 841. The Morgan fingerprint density at radius 1 is 1.32 bits per heavy atom. The molecule has 5 nitrogen and oxygen atoms in total. The van der Waals surface area contributed by atoms with Crippen LogP contribution in [0.3, 0.4) is 0 Å². The van der Waals surface area contributed by atoms with Gasteiger partial charge < -0.3 is 5.32 Å². The zero-order valence-electron chi connectivity index (χ0n) is 11.8. The van der Waals surface area contributed by atoms with E-state index < -0.39 is 0 Å². The van der Waals surface area contributed by atoms with Crippen LogP contribution in [-0.2, 0) is 0 Å². The molecule has 1 amide bonds. The predicted molar refractivity (Wildman–Crippen MR) is 85.3 cm³/mol. The molecule has 0 unspecified atom stereocenters.